The average molecular weight is 434 g/mol. The number of hydrogen-bond donors (Lipinski definition) is 1. The molecule has 2 aromatic heterocycles. The van der Waals surface area contributed by atoms with Crippen molar-refractivity contribution >= 4 is 22.7 Å². The molecule has 0 spiro atoms. The fraction of sp³-hybridized carbons (Fsp3) is 0.417. The zero-order valence-corrected chi connectivity index (χ0v) is 18.0. The van der Waals surface area contributed by atoms with E-state index in [0.717, 1.165) is 32.1 Å². The maximum absolute atomic E-state index is 13.3. The number of aromatic hydroxyl groups is 1. The fourth-order valence-electron chi connectivity index (χ4n) is 4.76. The molecule has 32 heavy (non-hydrogen) atoms. The number of pyridine rings is 1. The maximum atomic E-state index is 13.3. The highest BCUT2D eigenvalue weighted by Crippen LogP contribution is 2.27. The maximum Gasteiger partial charge on any atom is 0.272 e. The minimum absolute atomic E-state index is 0.0757. The summed E-state index contributed by atoms with van der Waals surface area (Å²) in [4.78, 5) is 34.9. The summed E-state index contributed by atoms with van der Waals surface area (Å²) in [6, 6.07) is 8.57. The second-order valence-corrected chi connectivity index (χ2v) is 8.62. The van der Waals surface area contributed by atoms with Gasteiger partial charge in [0.25, 0.3) is 11.8 Å². The third-order valence-corrected chi connectivity index (χ3v) is 6.54. The standard InChI is InChI=1S/C24H27N5O3/c30-18-5-6-21-19(15-18)20(23(31)27-10-2-1-3-11-27)16-22(26-21)24(32)28-13-7-17(8-14-28)29-12-4-9-25-29/h4-6,9,12,15-17,30H,1-3,7-8,10-11,13-14H2. The molecule has 2 saturated heterocycles. The molecule has 1 N–H and O–H groups in total. The highest BCUT2D eigenvalue weighted by molar-refractivity contribution is 6.09. The lowest BCUT2D eigenvalue weighted by molar-refractivity contribution is 0.0684. The molecule has 8 heteroatoms. The van der Waals surface area contributed by atoms with Gasteiger partial charge < -0.3 is 14.9 Å². The van der Waals surface area contributed by atoms with E-state index in [0.29, 0.717) is 42.6 Å². The van der Waals surface area contributed by atoms with Crippen molar-refractivity contribution < 1.29 is 14.7 Å². The Bertz CT molecular complexity index is 1130. The number of benzene rings is 1. The molecule has 5 rings (SSSR count). The SMILES string of the molecule is O=C(c1cc(C(=O)N2CCCCC2)c2cc(O)ccc2n1)N1CCC(n2cccn2)CC1. The van der Waals surface area contributed by atoms with Crippen molar-refractivity contribution in [2.75, 3.05) is 26.2 Å². The second kappa shape index (κ2) is 8.61. The van der Waals surface area contributed by atoms with Gasteiger partial charge in [-0.25, -0.2) is 4.98 Å². The number of carbonyl (C=O) groups is 2. The molecule has 8 nitrogen and oxygen atoms in total. The monoisotopic (exact) mass is 433 g/mol. The number of likely N-dealkylation sites (tertiary alicyclic amines) is 2. The van der Waals surface area contributed by atoms with E-state index < -0.39 is 0 Å². The Labute approximate surface area is 186 Å². The first kappa shape index (κ1) is 20.5. The molecule has 2 fully saturated rings. The van der Waals surface area contributed by atoms with Crippen molar-refractivity contribution in [3.63, 3.8) is 0 Å². The van der Waals surface area contributed by atoms with Gasteiger partial charge in [-0.3, -0.25) is 14.3 Å². The molecule has 0 bridgehead atoms. The summed E-state index contributed by atoms with van der Waals surface area (Å²) in [5.74, 6) is -0.188. The van der Waals surface area contributed by atoms with Crippen LogP contribution in [-0.4, -0.2) is 67.7 Å². The van der Waals surface area contributed by atoms with Crippen molar-refractivity contribution in [2.24, 2.45) is 0 Å². The van der Waals surface area contributed by atoms with Crippen molar-refractivity contribution in [3.8, 4) is 5.75 Å². The Morgan fingerprint density at radius 1 is 0.938 bits per heavy atom. The van der Waals surface area contributed by atoms with Crippen LogP contribution in [0.3, 0.4) is 0 Å². The molecule has 0 unspecified atom stereocenters. The molecular formula is C24H27N5O3. The van der Waals surface area contributed by atoms with Crippen LogP contribution < -0.4 is 0 Å². The van der Waals surface area contributed by atoms with Crippen molar-refractivity contribution in [1.82, 2.24) is 24.6 Å². The number of rotatable bonds is 3. The third kappa shape index (κ3) is 3.92. The summed E-state index contributed by atoms with van der Waals surface area (Å²) in [6.45, 7) is 2.67. The van der Waals surface area contributed by atoms with E-state index in [1.165, 1.54) is 6.07 Å². The first-order valence-corrected chi connectivity index (χ1v) is 11.3. The molecule has 2 amide bonds. The van der Waals surface area contributed by atoms with E-state index >= 15 is 0 Å². The van der Waals surface area contributed by atoms with Crippen LogP contribution in [0.5, 0.6) is 5.75 Å². The van der Waals surface area contributed by atoms with Gasteiger partial charge in [0.1, 0.15) is 11.4 Å². The van der Waals surface area contributed by atoms with Crippen LogP contribution in [0, 0.1) is 0 Å². The van der Waals surface area contributed by atoms with E-state index in [1.807, 2.05) is 26.7 Å². The molecule has 0 saturated carbocycles. The first-order chi connectivity index (χ1) is 15.6. The van der Waals surface area contributed by atoms with Gasteiger partial charge in [-0.15, -0.1) is 0 Å². The average Bonchev–Trinajstić information content (AvgIpc) is 3.38. The Hall–Kier alpha value is -3.42. The van der Waals surface area contributed by atoms with Gasteiger partial charge in [0.2, 0.25) is 0 Å². The number of fused-ring (bicyclic) bond motifs is 1. The zero-order chi connectivity index (χ0) is 22.1. The van der Waals surface area contributed by atoms with E-state index in [1.54, 1.807) is 24.4 Å². The topological polar surface area (TPSA) is 91.6 Å². The van der Waals surface area contributed by atoms with Gasteiger partial charge in [0.15, 0.2) is 0 Å². The lowest BCUT2D eigenvalue weighted by atomic mass is 10.0. The van der Waals surface area contributed by atoms with E-state index in [-0.39, 0.29) is 29.3 Å². The number of hydrogen-bond acceptors (Lipinski definition) is 5. The predicted octanol–water partition coefficient (Wildman–Crippen LogP) is 3.24. The van der Waals surface area contributed by atoms with Crippen LogP contribution in [-0.2, 0) is 0 Å². The lowest BCUT2D eigenvalue weighted by Gasteiger charge is -2.32. The van der Waals surface area contributed by atoms with Crippen molar-refractivity contribution in [2.45, 2.75) is 38.1 Å². The fourth-order valence-corrected chi connectivity index (χ4v) is 4.76. The van der Waals surface area contributed by atoms with Gasteiger partial charge in [0.05, 0.1) is 17.1 Å². The molecule has 1 aromatic carbocycles. The number of phenols is 1. The normalized spacial score (nSPS) is 17.6. The molecule has 166 valence electrons. The summed E-state index contributed by atoms with van der Waals surface area (Å²) in [5, 5.41) is 14.9. The lowest BCUT2D eigenvalue weighted by Crippen LogP contribution is -2.40. The molecular weight excluding hydrogens is 406 g/mol. The molecule has 0 radical (unpaired) electrons. The quantitative estimate of drug-likeness (QED) is 0.685. The number of carbonyl (C=O) groups excluding carboxylic acids is 2. The minimum atomic E-state index is -0.161. The molecule has 0 atom stereocenters. The van der Waals surface area contributed by atoms with Gasteiger partial charge in [-0.2, -0.15) is 5.10 Å². The molecule has 0 aliphatic carbocycles. The smallest absolute Gasteiger partial charge is 0.272 e. The van der Waals surface area contributed by atoms with Crippen LogP contribution in [0.1, 0.15) is 59.0 Å². The van der Waals surface area contributed by atoms with E-state index in [9.17, 15) is 14.7 Å². The van der Waals surface area contributed by atoms with Crippen molar-refractivity contribution in [1.29, 1.82) is 0 Å². The Balaban J connectivity index is 1.43. The van der Waals surface area contributed by atoms with E-state index in [4.69, 9.17) is 0 Å². The Morgan fingerprint density at radius 2 is 1.69 bits per heavy atom. The number of phenolic OH excluding ortho intramolecular Hbond substituents is 1. The summed E-state index contributed by atoms with van der Waals surface area (Å²) in [7, 11) is 0. The second-order valence-electron chi connectivity index (χ2n) is 8.62. The van der Waals surface area contributed by atoms with Crippen LogP contribution in [0.2, 0.25) is 0 Å². The summed E-state index contributed by atoms with van der Waals surface area (Å²) >= 11 is 0. The third-order valence-electron chi connectivity index (χ3n) is 6.54. The van der Waals surface area contributed by atoms with Gasteiger partial charge >= 0.3 is 0 Å². The van der Waals surface area contributed by atoms with E-state index in [2.05, 4.69) is 10.1 Å². The van der Waals surface area contributed by atoms with Gasteiger partial charge in [0, 0.05) is 44.0 Å². The summed E-state index contributed by atoms with van der Waals surface area (Å²) in [5.41, 5.74) is 1.25. The first-order valence-electron chi connectivity index (χ1n) is 11.3. The van der Waals surface area contributed by atoms with Crippen LogP contribution in [0.4, 0.5) is 0 Å². The van der Waals surface area contributed by atoms with Crippen LogP contribution >= 0.6 is 0 Å². The highest BCUT2D eigenvalue weighted by Gasteiger charge is 2.28. The molecule has 3 aromatic rings. The minimum Gasteiger partial charge on any atom is -0.508 e. The molecule has 2 aliphatic rings. The van der Waals surface area contributed by atoms with Gasteiger partial charge in [-0.05, 0) is 62.4 Å². The molecule has 2 aliphatic heterocycles. The number of amides is 2. The van der Waals surface area contributed by atoms with Crippen LogP contribution in [0.25, 0.3) is 10.9 Å². The number of aromatic nitrogens is 3. The Morgan fingerprint density at radius 3 is 2.41 bits per heavy atom. The van der Waals surface area contributed by atoms with Crippen LogP contribution in [0.15, 0.2) is 42.7 Å². The van der Waals surface area contributed by atoms with Crippen molar-refractivity contribution in [3.05, 3.63) is 54.0 Å². The number of piperidine rings is 2. The summed E-state index contributed by atoms with van der Waals surface area (Å²) < 4.78 is 1.96. The molecule has 4 heterocycles. The Kier molecular flexibility index (Phi) is 5.51. The largest absolute Gasteiger partial charge is 0.508 e. The van der Waals surface area contributed by atoms with Gasteiger partial charge in [-0.1, -0.05) is 0 Å². The highest BCUT2D eigenvalue weighted by atomic mass is 16.3. The number of nitrogens with zero attached hydrogens (tertiary/aromatic N) is 5. The zero-order valence-electron chi connectivity index (χ0n) is 18.0. The summed E-state index contributed by atoms with van der Waals surface area (Å²) in [6.07, 6.45) is 8.48. The predicted molar refractivity (Wildman–Crippen MR) is 120 cm³/mol.